The summed E-state index contributed by atoms with van der Waals surface area (Å²) in [5, 5.41) is 9.57. The van der Waals surface area contributed by atoms with E-state index in [1.807, 2.05) is 36.4 Å². The molecule has 0 radical (unpaired) electrons. The third kappa shape index (κ3) is 4.52. The highest BCUT2D eigenvalue weighted by molar-refractivity contribution is 8.04. The summed E-state index contributed by atoms with van der Waals surface area (Å²) in [6, 6.07) is 16.8. The molecule has 0 atom stereocenters. The number of nitriles is 1. The normalized spacial score (nSPS) is 15.7. The second kappa shape index (κ2) is 8.04. The Morgan fingerprint density at radius 2 is 1.79 bits per heavy atom. The molecular formula is C23H22N2O2S. The lowest BCUT2D eigenvalue weighted by atomic mass is 9.86. The summed E-state index contributed by atoms with van der Waals surface area (Å²) in [5.41, 5.74) is 3.31. The Kier molecular flexibility index (Phi) is 5.71. The molecule has 1 aliphatic heterocycles. The summed E-state index contributed by atoms with van der Waals surface area (Å²) in [4.78, 5) is 26.6. The zero-order valence-electron chi connectivity index (χ0n) is 16.2. The van der Waals surface area contributed by atoms with Gasteiger partial charge in [-0.25, -0.2) is 0 Å². The number of thioether (sulfide) groups is 1. The molecule has 0 bridgehead atoms. The quantitative estimate of drug-likeness (QED) is 0.563. The molecule has 0 N–H and O–H groups in total. The van der Waals surface area contributed by atoms with Gasteiger partial charge in [0.05, 0.1) is 29.0 Å². The number of allylic oxidation sites excluding steroid dienone is 1. The number of nitrogens with zero attached hydrogens (tertiary/aromatic N) is 2. The molecule has 142 valence electrons. The largest absolute Gasteiger partial charge is 0.301 e. The maximum absolute atomic E-state index is 12.7. The van der Waals surface area contributed by atoms with Crippen LogP contribution in [0.25, 0.3) is 0 Å². The second-order valence-electron chi connectivity index (χ2n) is 7.75. The standard InChI is InChI=1S/C23H22N2O2S/c1-23(2,3)19-10-8-18(9-11-19)20(26)12-22-25(21(27)15-28-22)14-17-6-4-16(13-24)5-7-17/h4-12H,14-15H2,1-3H3/b22-12-. The van der Waals surface area contributed by atoms with Crippen molar-refractivity contribution in [2.75, 3.05) is 5.75 Å². The minimum atomic E-state index is -0.109. The lowest BCUT2D eigenvalue weighted by Crippen LogP contribution is -2.24. The van der Waals surface area contributed by atoms with Crippen LogP contribution < -0.4 is 0 Å². The molecule has 2 aromatic rings. The van der Waals surface area contributed by atoms with Gasteiger partial charge < -0.3 is 4.90 Å². The fourth-order valence-electron chi connectivity index (χ4n) is 2.90. The Morgan fingerprint density at radius 1 is 1.14 bits per heavy atom. The fourth-order valence-corrected chi connectivity index (χ4v) is 3.84. The molecule has 1 amide bonds. The number of amides is 1. The summed E-state index contributed by atoms with van der Waals surface area (Å²) >= 11 is 1.38. The number of hydrogen-bond acceptors (Lipinski definition) is 4. The zero-order chi connectivity index (χ0) is 20.3. The van der Waals surface area contributed by atoms with Crippen molar-refractivity contribution in [1.82, 2.24) is 4.90 Å². The van der Waals surface area contributed by atoms with Crippen molar-refractivity contribution >= 4 is 23.5 Å². The average Bonchev–Trinajstić information content (AvgIpc) is 3.01. The molecular weight excluding hydrogens is 368 g/mol. The highest BCUT2D eigenvalue weighted by Gasteiger charge is 2.27. The Labute approximate surface area is 169 Å². The van der Waals surface area contributed by atoms with Crippen molar-refractivity contribution in [2.45, 2.75) is 32.7 Å². The molecule has 0 saturated carbocycles. The van der Waals surface area contributed by atoms with Gasteiger partial charge in [0.15, 0.2) is 5.78 Å². The number of carbonyl (C=O) groups excluding carboxylic acids is 2. The summed E-state index contributed by atoms with van der Waals surface area (Å²) in [7, 11) is 0. The van der Waals surface area contributed by atoms with E-state index in [0.717, 1.165) is 5.56 Å². The van der Waals surface area contributed by atoms with Gasteiger partial charge in [0.25, 0.3) is 0 Å². The molecule has 5 heteroatoms. The van der Waals surface area contributed by atoms with E-state index in [1.54, 1.807) is 23.1 Å². The van der Waals surface area contributed by atoms with Crippen LogP contribution in [-0.2, 0) is 16.8 Å². The molecule has 1 aliphatic rings. The first-order chi connectivity index (χ1) is 13.3. The SMILES string of the molecule is CC(C)(C)c1ccc(C(=O)/C=C2\SCC(=O)N2Cc2ccc(C#N)cc2)cc1. The van der Waals surface area contributed by atoms with E-state index >= 15 is 0 Å². The Balaban J connectivity index is 1.78. The van der Waals surface area contributed by atoms with Crippen LogP contribution in [0.2, 0.25) is 0 Å². The van der Waals surface area contributed by atoms with E-state index in [1.165, 1.54) is 17.3 Å². The summed E-state index contributed by atoms with van der Waals surface area (Å²) in [6.45, 7) is 6.79. The molecule has 0 spiro atoms. The van der Waals surface area contributed by atoms with Crippen LogP contribution in [0.4, 0.5) is 0 Å². The van der Waals surface area contributed by atoms with E-state index in [9.17, 15) is 9.59 Å². The predicted molar refractivity (Wildman–Crippen MR) is 112 cm³/mol. The maximum Gasteiger partial charge on any atom is 0.238 e. The smallest absolute Gasteiger partial charge is 0.238 e. The van der Waals surface area contributed by atoms with Gasteiger partial charge in [0.1, 0.15) is 0 Å². The van der Waals surface area contributed by atoms with E-state index in [-0.39, 0.29) is 17.1 Å². The number of carbonyl (C=O) groups is 2. The minimum absolute atomic E-state index is 0.0171. The minimum Gasteiger partial charge on any atom is -0.301 e. The Bertz CT molecular complexity index is 962. The van der Waals surface area contributed by atoms with E-state index in [0.29, 0.717) is 28.5 Å². The highest BCUT2D eigenvalue weighted by Crippen LogP contribution is 2.31. The number of benzene rings is 2. The van der Waals surface area contributed by atoms with Gasteiger partial charge in [0, 0.05) is 11.6 Å². The zero-order valence-corrected chi connectivity index (χ0v) is 17.0. The van der Waals surface area contributed by atoms with Crippen molar-refractivity contribution in [3.63, 3.8) is 0 Å². The highest BCUT2D eigenvalue weighted by atomic mass is 32.2. The van der Waals surface area contributed by atoms with E-state index in [2.05, 4.69) is 26.8 Å². The molecule has 28 heavy (non-hydrogen) atoms. The third-order valence-corrected chi connectivity index (χ3v) is 5.65. The Morgan fingerprint density at radius 3 is 2.36 bits per heavy atom. The van der Waals surface area contributed by atoms with Crippen LogP contribution in [0.1, 0.15) is 47.8 Å². The van der Waals surface area contributed by atoms with Gasteiger partial charge in [-0.2, -0.15) is 5.26 Å². The topological polar surface area (TPSA) is 61.2 Å². The molecule has 1 heterocycles. The molecule has 0 aliphatic carbocycles. The first-order valence-electron chi connectivity index (χ1n) is 9.07. The number of hydrogen-bond donors (Lipinski definition) is 0. The summed E-state index contributed by atoms with van der Waals surface area (Å²) in [5.74, 6) is 0.206. The lowest BCUT2D eigenvalue weighted by Gasteiger charge is -2.19. The first-order valence-corrected chi connectivity index (χ1v) is 10.1. The lowest BCUT2D eigenvalue weighted by molar-refractivity contribution is -0.125. The Hall–Kier alpha value is -2.84. The van der Waals surface area contributed by atoms with Crippen LogP contribution in [0.5, 0.6) is 0 Å². The maximum atomic E-state index is 12.7. The predicted octanol–water partition coefficient (Wildman–Crippen LogP) is 4.66. The van der Waals surface area contributed by atoms with Crippen LogP contribution in [-0.4, -0.2) is 22.3 Å². The second-order valence-corrected chi connectivity index (χ2v) is 8.75. The molecule has 3 rings (SSSR count). The molecule has 0 unspecified atom stereocenters. The van der Waals surface area contributed by atoms with Crippen molar-refractivity contribution in [3.05, 3.63) is 81.9 Å². The molecule has 0 aromatic heterocycles. The molecule has 1 saturated heterocycles. The summed E-state index contributed by atoms with van der Waals surface area (Å²) in [6.07, 6.45) is 1.55. The van der Waals surface area contributed by atoms with Gasteiger partial charge in [-0.05, 0) is 28.7 Å². The van der Waals surface area contributed by atoms with Gasteiger partial charge in [-0.3, -0.25) is 9.59 Å². The monoisotopic (exact) mass is 390 g/mol. The van der Waals surface area contributed by atoms with E-state index < -0.39 is 0 Å². The number of rotatable bonds is 4. The molecule has 4 nitrogen and oxygen atoms in total. The van der Waals surface area contributed by atoms with Gasteiger partial charge in [-0.1, -0.05) is 68.9 Å². The van der Waals surface area contributed by atoms with Crippen molar-refractivity contribution in [2.24, 2.45) is 0 Å². The molecule has 2 aromatic carbocycles. The van der Waals surface area contributed by atoms with Crippen molar-refractivity contribution < 1.29 is 9.59 Å². The van der Waals surface area contributed by atoms with Gasteiger partial charge >= 0.3 is 0 Å². The van der Waals surface area contributed by atoms with Crippen LogP contribution in [0.3, 0.4) is 0 Å². The number of ketones is 1. The third-order valence-electron chi connectivity index (χ3n) is 4.62. The summed E-state index contributed by atoms with van der Waals surface area (Å²) < 4.78 is 0. The van der Waals surface area contributed by atoms with Crippen LogP contribution in [0.15, 0.2) is 59.6 Å². The average molecular weight is 391 g/mol. The van der Waals surface area contributed by atoms with Crippen LogP contribution in [0, 0.1) is 11.3 Å². The van der Waals surface area contributed by atoms with Crippen molar-refractivity contribution in [3.8, 4) is 6.07 Å². The van der Waals surface area contributed by atoms with Crippen molar-refractivity contribution in [1.29, 1.82) is 5.26 Å². The van der Waals surface area contributed by atoms with Crippen LogP contribution >= 0.6 is 11.8 Å². The fraction of sp³-hybridized carbons (Fsp3) is 0.261. The van der Waals surface area contributed by atoms with Gasteiger partial charge in [0.2, 0.25) is 5.91 Å². The molecule has 1 fully saturated rings. The van der Waals surface area contributed by atoms with Gasteiger partial charge in [-0.15, -0.1) is 0 Å². The first kappa shape index (κ1) is 19.9. The van der Waals surface area contributed by atoms with E-state index in [4.69, 9.17) is 5.26 Å².